The van der Waals surface area contributed by atoms with Crippen molar-refractivity contribution >= 4 is 11.6 Å². The van der Waals surface area contributed by atoms with E-state index in [0.29, 0.717) is 11.1 Å². The maximum atomic E-state index is 12.6. The summed E-state index contributed by atoms with van der Waals surface area (Å²) >= 11 is 0. The molecular formula is C16H14O2. The Balaban J connectivity index is 1.92. The molecular weight excluding hydrogens is 224 g/mol. The fourth-order valence-electron chi connectivity index (χ4n) is 3.98. The predicted molar refractivity (Wildman–Crippen MR) is 67.4 cm³/mol. The van der Waals surface area contributed by atoms with Crippen LogP contribution in [0.4, 0.5) is 0 Å². The fraction of sp³-hybridized carbons (Fsp3) is 0.375. The van der Waals surface area contributed by atoms with Crippen molar-refractivity contribution in [1.82, 2.24) is 0 Å². The molecule has 4 aliphatic rings. The molecule has 90 valence electrons. The number of rotatable bonds is 0. The lowest BCUT2D eigenvalue weighted by molar-refractivity contribution is 0.0520. The van der Waals surface area contributed by atoms with E-state index >= 15 is 0 Å². The Kier molecular flexibility index (Phi) is 1.94. The molecule has 0 radical (unpaired) electrons. The highest BCUT2D eigenvalue weighted by molar-refractivity contribution is 6.16. The Bertz CT molecular complexity index is 534. The summed E-state index contributed by atoms with van der Waals surface area (Å²) in [6.07, 6.45) is 6.44. The third-order valence-electron chi connectivity index (χ3n) is 4.81. The molecule has 18 heavy (non-hydrogen) atoms. The zero-order valence-electron chi connectivity index (χ0n) is 10.0. The van der Waals surface area contributed by atoms with Crippen LogP contribution < -0.4 is 0 Å². The molecule has 2 heteroatoms. The lowest BCUT2D eigenvalue weighted by Gasteiger charge is -2.45. The molecule has 2 unspecified atom stereocenters. The topological polar surface area (TPSA) is 34.1 Å². The van der Waals surface area contributed by atoms with Gasteiger partial charge in [-0.3, -0.25) is 9.59 Å². The van der Waals surface area contributed by atoms with Gasteiger partial charge in [-0.2, -0.15) is 0 Å². The van der Waals surface area contributed by atoms with Crippen LogP contribution in [0.25, 0.3) is 0 Å². The average molecular weight is 238 g/mol. The minimum absolute atomic E-state index is 0.0869. The van der Waals surface area contributed by atoms with Crippen molar-refractivity contribution < 1.29 is 9.59 Å². The van der Waals surface area contributed by atoms with Gasteiger partial charge in [-0.25, -0.2) is 0 Å². The molecule has 5 rings (SSSR count). The number of Topliss-reactive ketones (excluding diaryl/α,β-unsaturated/α-hetero) is 2. The fourth-order valence-corrected chi connectivity index (χ4v) is 3.98. The number of allylic oxidation sites excluding steroid dienone is 2. The normalized spacial score (nSPS) is 36.4. The maximum absolute atomic E-state index is 12.6. The van der Waals surface area contributed by atoms with E-state index in [0.717, 1.165) is 12.8 Å². The summed E-state index contributed by atoms with van der Waals surface area (Å²) < 4.78 is 0. The molecule has 0 N–H and O–H groups in total. The first-order chi connectivity index (χ1) is 8.77. The summed E-state index contributed by atoms with van der Waals surface area (Å²) in [6.45, 7) is 0. The van der Waals surface area contributed by atoms with E-state index in [-0.39, 0.29) is 35.2 Å². The summed E-state index contributed by atoms with van der Waals surface area (Å²) in [6, 6.07) is 7.30. The van der Waals surface area contributed by atoms with Crippen LogP contribution in [0, 0.1) is 23.7 Å². The van der Waals surface area contributed by atoms with E-state index in [1.54, 1.807) is 12.1 Å². The van der Waals surface area contributed by atoms with Gasteiger partial charge in [0.2, 0.25) is 0 Å². The van der Waals surface area contributed by atoms with Gasteiger partial charge in [-0.15, -0.1) is 0 Å². The highest BCUT2D eigenvalue weighted by atomic mass is 16.1. The predicted octanol–water partition coefficient (Wildman–Crippen LogP) is 2.89. The first kappa shape index (κ1) is 10.2. The third kappa shape index (κ3) is 1.13. The van der Waals surface area contributed by atoms with Gasteiger partial charge in [0.15, 0.2) is 11.6 Å². The van der Waals surface area contributed by atoms with E-state index in [1.165, 1.54) is 0 Å². The summed E-state index contributed by atoms with van der Waals surface area (Å²) in [5.41, 5.74) is 1.29. The van der Waals surface area contributed by atoms with Gasteiger partial charge in [-0.05, 0) is 24.7 Å². The molecule has 1 saturated carbocycles. The van der Waals surface area contributed by atoms with Crippen molar-refractivity contribution in [3.8, 4) is 0 Å². The van der Waals surface area contributed by atoms with Crippen molar-refractivity contribution in [2.75, 3.05) is 0 Å². The van der Waals surface area contributed by atoms with Gasteiger partial charge in [0.25, 0.3) is 0 Å². The molecule has 0 amide bonds. The minimum Gasteiger partial charge on any atom is -0.294 e. The van der Waals surface area contributed by atoms with E-state index < -0.39 is 0 Å². The highest BCUT2D eigenvalue weighted by Gasteiger charge is 2.51. The molecule has 1 fully saturated rings. The van der Waals surface area contributed by atoms with Crippen molar-refractivity contribution in [1.29, 1.82) is 0 Å². The molecule has 2 bridgehead atoms. The Morgan fingerprint density at radius 2 is 1.22 bits per heavy atom. The molecule has 0 heterocycles. The van der Waals surface area contributed by atoms with Crippen molar-refractivity contribution in [3.63, 3.8) is 0 Å². The minimum atomic E-state index is -0.0869. The van der Waals surface area contributed by atoms with E-state index in [4.69, 9.17) is 0 Å². The van der Waals surface area contributed by atoms with Crippen LogP contribution in [-0.2, 0) is 0 Å². The van der Waals surface area contributed by atoms with Crippen LogP contribution in [0.3, 0.4) is 0 Å². The Morgan fingerprint density at radius 3 is 1.61 bits per heavy atom. The van der Waals surface area contributed by atoms with E-state index in [9.17, 15) is 9.59 Å². The van der Waals surface area contributed by atoms with Crippen LogP contribution in [0.5, 0.6) is 0 Å². The zero-order chi connectivity index (χ0) is 12.3. The average Bonchev–Trinajstić information content (AvgIpc) is 2.45. The standard InChI is InChI=1S/C16H14O2/c17-15-11-3-1-2-4-12(11)16(18)14-10-7-5-9(6-8-10)13(14)15/h1-5,7,9-10,13-14H,6,8H2/t9-,10+,13?,14?. The lowest BCUT2D eigenvalue weighted by atomic mass is 9.56. The molecule has 0 spiro atoms. The monoisotopic (exact) mass is 238 g/mol. The second kappa shape index (κ2) is 3.41. The number of benzene rings is 1. The number of fused-ring (bicyclic) bond motifs is 2. The Morgan fingerprint density at radius 1 is 0.778 bits per heavy atom. The molecule has 0 aliphatic heterocycles. The number of carbonyl (C=O) groups is 2. The summed E-state index contributed by atoms with van der Waals surface area (Å²) in [5.74, 6) is 0.769. The quantitative estimate of drug-likeness (QED) is 0.651. The Hall–Kier alpha value is -1.70. The van der Waals surface area contributed by atoms with Crippen LogP contribution in [0.1, 0.15) is 33.6 Å². The zero-order valence-corrected chi connectivity index (χ0v) is 10.0. The third-order valence-corrected chi connectivity index (χ3v) is 4.81. The van der Waals surface area contributed by atoms with Crippen molar-refractivity contribution in [2.45, 2.75) is 12.8 Å². The van der Waals surface area contributed by atoms with Gasteiger partial charge in [0.05, 0.1) is 0 Å². The summed E-state index contributed by atoms with van der Waals surface area (Å²) in [4.78, 5) is 25.2. The number of hydrogen-bond acceptors (Lipinski definition) is 2. The SMILES string of the molecule is O=C1c2ccccc2C(=O)C2C1[C@@H]1C=C[C@H]2CC1. The van der Waals surface area contributed by atoms with E-state index in [1.807, 2.05) is 12.1 Å². The maximum Gasteiger partial charge on any atom is 0.168 e. The largest absolute Gasteiger partial charge is 0.294 e. The number of ketones is 2. The van der Waals surface area contributed by atoms with Crippen LogP contribution in [0.15, 0.2) is 36.4 Å². The van der Waals surface area contributed by atoms with Gasteiger partial charge >= 0.3 is 0 Å². The Labute approximate surface area is 106 Å². The van der Waals surface area contributed by atoms with Gasteiger partial charge in [0.1, 0.15) is 0 Å². The second-order valence-electron chi connectivity index (χ2n) is 5.62. The lowest BCUT2D eigenvalue weighted by Crippen LogP contribution is -2.48. The molecule has 4 atom stereocenters. The first-order valence-electron chi connectivity index (χ1n) is 6.63. The molecule has 2 nitrogen and oxygen atoms in total. The van der Waals surface area contributed by atoms with Crippen molar-refractivity contribution in [3.05, 3.63) is 47.5 Å². The van der Waals surface area contributed by atoms with Gasteiger partial charge < -0.3 is 0 Å². The molecule has 1 aromatic carbocycles. The van der Waals surface area contributed by atoms with Crippen LogP contribution in [-0.4, -0.2) is 11.6 Å². The smallest absolute Gasteiger partial charge is 0.168 e. The number of carbonyl (C=O) groups excluding carboxylic acids is 2. The highest BCUT2D eigenvalue weighted by Crippen LogP contribution is 2.49. The summed E-state index contributed by atoms with van der Waals surface area (Å²) in [5, 5.41) is 0. The second-order valence-corrected chi connectivity index (χ2v) is 5.62. The van der Waals surface area contributed by atoms with Gasteiger partial charge in [-0.1, -0.05) is 36.4 Å². The van der Waals surface area contributed by atoms with E-state index in [2.05, 4.69) is 12.2 Å². The van der Waals surface area contributed by atoms with Crippen LogP contribution in [0.2, 0.25) is 0 Å². The van der Waals surface area contributed by atoms with Crippen molar-refractivity contribution in [2.24, 2.45) is 23.7 Å². The molecule has 0 aromatic heterocycles. The van der Waals surface area contributed by atoms with Gasteiger partial charge in [0, 0.05) is 23.0 Å². The first-order valence-corrected chi connectivity index (χ1v) is 6.63. The molecule has 4 aliphatic carbocycles. The molecule has 0 saturated heterocycles. The van der Waals surface area contributed by atoms with Crippen LogP contribution >= 0.6 is 0 Å². The molecule has 1 aromatic rings. The number of hydrogen-bond donors (Lipinski definition) is 0. The summed E-state index contributed by atoms with van der Waals surface area (Å²) in [7, 11) is 0.